The van der Waals surface area contributed by atoms with Gasteiger partial charge in [0.05, 0.1) is 20.8 Å². The molecule has 0 unspecified atom stereocenters. The molecule has 4 nitrogen and oxygen atoms in total. The summed E-state index contributed by atoms with van der Waals surface area (Å²) < 4.78 is 15.1. The molecule has 2 heterocycles. The Morgan fingerprint density at radius 1 is 1.27 bits per heavy atom. The largest absolute Gasteiger partial charge is 0.504 e. The minimum Gasteiger partial charge on any atom is -0.399 e. The maximum Gasteiger partial charge on any atom is 0.504 e. The number of halogens is 1. The van der Waals surface area contributed by atoms with E-state index < -0.39 is 0 Å². The Morgan fingerprint density at radius 3 is 2.20 bits per heavy atom. The summed E-state index contributed by atoms with van der Waals surface area (Å²) >= 11 is -0.206. The molecule has 0 aromatic rings. The molecule has 0 radical (unpaired) electrons. The molecule has 0 amide bonds. The molecule has 15 heavy (non-hydrogen) atoms. The number of hydrogen-bond donors (Lipinski definition) is 0. The molecule has 1 saturated heterocycles. The molecule has 2 rings (SSSR count). The van der Waals surface area contributed by atoms with Crippen molar-refractivity contribution in [2.45, 2.75) is 38.9 Å². The SMILES string of the molecule is CN1N=CC(B2OC(C)(C)C(C)(C)O2)=I1. The summed E-state index contributed by atoms with van der Waals surface area (Å²) in [6, 6.07) is 0. The summed E-state index contributed by atoms with van der Waals surface area (Å²) in [5.74, 6) is 0. The van der Waals surface area contributed by atoms with Crippen LogP contribution in [0.2, 0.25) is 0 Å². The molecule has 0 saturated carbocycles. The molecule has 0 atom stereocenters. The molecule has 0 aliphatic carbocycles. The quantitative estimate of drug-likeness (QED) is 0.418. The van der Waals surface area contributed by atoms with Crippen LogP contribution < -0.4 is 0 Å². The van der Waals surface area contributed by atoms with Crippen LogP contribution in [-0.2, 0) is 9.31 Å². The minimum atomic E-state index is -0.247. The van der Waals surface area contributed by atoms with Gasteiger partial charge in [0, 0.05) is 28.1 Å². The molecule has 2 aliphatic heterocycles. The van der Waals surface area contributed by atoms with E-state index in [1.807, 2.05) is 16.5 Å². The first-order valence-electron chi connectivity index (χ1n) is 4.97. The Hall–Kier alpha value is 0.0549. The number of hydrogen-bond acceptors (Lipinski definition) is 4. The smallest absolute Gasteiger partial charge is 0.399 e. The maximum absolute atomic E-state index is 5.95. The van der Waals surface area contributed by atoms with Gasteiger partial charge in [-0.15, -0.1) is 0 Å². The van der Waals surface area contributed by atoms with Crippen LogP contribution >= 0.6 is 21.0 Å². The molecule has 6 heteroatoms. The topological polar surface area (TPSA) is 34.1 Å². The summed E-state index contributed by atoms with van der Waals surface area (Å²) in [7, 11) is 1.79. The third-order valence-electron chi connectivity index (χ3n) is 3.04. The van der Waals surface area contributed by atoms with E-state index in [1.165, 1.54) is 3.41 Å². The first kappa shape index (κ1) is 11.5. The van der Waals surface area contributed by atoms with Gasteiger partial charge in [-0.25, -0.2) is 3.22 Å². The lowest BCUT2D eigenvalue weighted by Gasteiger charge is -2.32. The lowest BCUT2D eigenvalue weighted by atomic mass is 9.86. The standard InChI is InChI=1S/C9H16BIN2O2/c1-8(2)9(3,4)15-10(14-8)7-6-12-13(5)11-7/h6H,1-5H3. The zero-order valence-corrected chi connectivity index (χ0v) is 11.9. The van der Waals surface area contributed by atoms with Crippen LogP contribution in [0.15, 0.2) is 5.10 Å². The van der Waals surface area contributed by atoms with Gasteiger partial charge in [0.2, 0.25) is 0 Å². The summed E-state index contributed by atoms with van der Waals surface area (Å²) in [4.78, 5) is 0. The van der Waals surface area contributed by atoms with Gasteiger partial charge < -0.3 is 9.31 Å². The highest BCUT2D eigenvalue weighted by Gasteiger charge is 2.52. The first-order chi connectivity index (χ1) is 6.82. The molecule has 2 aliphatic rings. The maximum atomic E-state index is 5.95. The molecular weight excluding hydrogens is 306 g/mol. The second-order valence-electron chi connectivity index (χ2n) is 4.75. The lowest BCUT2D eigenvalue weighted by molar-refractivity contribution is 0.00578. The van der Waals surface area contributed by atoms with Gasteiger partial charge in [0.25, 0.3) is 0 Å². The van der Waals surface area contributed by atoms with E-state index >= 15 is 0 Å². The van der Waals surface area contributed by atoms with Crippen molar-refractivity contribution in [2.24, 2.45) is 5.10 Å². The van der Waals surface area contributed by atoms with E-state index in [-0.39, 0.29) is 39.3 Å². The predicted molar refractivity (Wildman–Crippen MR) is 71.4 cm³/mol. The highest BCUT2D eigenvalue weighted by Crippen LogP contribution is 2.38. The van der Waals surface area contributed by atoms with Crippen LogP contribution in [0.25, 0.3) is 0 Å². The fourth-order valence-electron chi connectivity index (χ4n) is 1.38. The Kier molecular flexibility index (Phi) is 2.71. The summed E-state index contributed by atoms with van der Waals surface area (Å²) in [6.45, 7) is 8.28. The van der Waals surface area contributed by atoms with Crippen molar-refractivity contribution in [3.8, 4) is 0 Å². The van der Waals surface area contributed by atoms with Crippen molar-refractivity contribution in [2.75, 3.05) is 7.05 Å². The third kappa shape index (κ3) is 1.99. The second-order valence-corrected chi connectivity index (χ2v) is 7.87. The van der Waals surface area contributed by atoms with Crippen LogP contribution in [0.1, 0.15) is 27.7 Å². The highest BCUT2D eigenvalue weighted by atomic mass is 127. The second kappa shape index (κ2) is 3.53. The Labute approximate surface area is 101 Å². The van der Waals surface area contributed by atoms with Crippen LogP contribution in [0.3, 0.4) is 0 Å². The van der Waals surface area contributed by atoms with Crippen molar-refractivity contribution in [3.63, 3.8) is 0 Å². The lowest BCUT2D eigenvalue weighted by Crippen LogP contribution is -2.41. The van der Waals surface area contributed by atoms with Crippen molar-refractivity contribution in [1.29, 1.82) is 0 Å². The molecule has 0 aromatic heterocycles. The normalized spacial score (nSPS) is 27.9. The zero-order valence-electron chi connectivity index (χ0n) is 9.74. The minimum absolute atomic E-state index is 0.198. The van der Waals surface area contributed by atoms with Crippen molar-refractivity contribution < 1.29 is 9.31 Å². The molecule has 0 bridgehead atoms. The van der Waals surface area contributed by atoms with Gasteiger partial charge in [-0.1, -0.05) is 0 Å². The van der Waals surface area contributed by atoms with E-state index in [1.54, 1.807) is 0 Å². The first-order valence-corrected chi connectivity index (χ1v) is 7.01. The van der Waals surface area contributed by atoms with Gasteiger partial charge in [-0.3, -0.25) is 0 Å². The Balaban J connectivity index is 2.17. The van der Waals surface area contributed by atoms with E-state index in [4.69, 9.17) is 9.31 Å². The molecule has 1 fully saturated rings. The van der Waals surface area contributed by atoms with Gasteiger partial charge in [0.15, 0.2) is 0 Å². The molecule has 0 aromatic carbocycles. The van der Waals surface area contributed by atoms with Crippen LogP contribution in [0, 0.1) is 0 Å². The molecular formula is C9H16BIN2O2. The number of rotatable bonds is 1. The number of nitrogens with zero attached hydrogens (tertiary/aromatic N) is 2. The summed E-state index contributed by atoms with van der Waals surface area (Å²) in [6.07, 6.45) is 1.88. The van der Waals surface area contributed by atoms with E-state index in [0.29, 0.717) is 0 Å². The van der Waals surface area contributed by atoms with Crippen LogP contribution in [0.5, 0.6) is 0 Å². The monoisotopic (exact) mass is 322 g/mol. The average Bonchev–Trinajstić information content (AvgIpc) is 2.56. The van der Waals surface area contributed by atoms with Crippen molar-refractivity contribution in [1.82, 2.24) is 3.22 Å². The molecule has 0 spiro atoms. The van der Waals surface area contributed by atoms with Gasteiger partial charge in [-0.2, -0.15) is 5.10 Å². The van der Waals surface area contributed by atoms with E-state index in [2.05, 4.69) is 32.8 Å². The average molecular weight is 322 g/mol. The predicted octanol–water partition coefficient (Wildman–Crippen LogP) is 1.61. The Morgan fingerprint density at radius 2 is 1.80 bits per heavy atom. The van der Waals surface area contributed by atoms with Crippen LogP contribution in [0.4, 0.5) is 0 Å². The zero-order chi connectivity index (χ0) is 11.3. The van der Waals surface area contributed by atoms with Crippen LogP contribution in [-0.4, -0.2) is 38.2 Å². The summed E-state index contributed by atoms with van der Waals surface area (Å²) in [5.41, 5.74) is -0.493. The van der Waals surface area contributed by atoms with E-state index in [0.717, 1.165) is 0 Å². The third-order valence-corrected chi connectivity index (χ3v) is 5.33. The van der Waals surface area contributed by atoms with Gasteiger partial charge in [-0.05, 0) is 27.7 Å². The number of hydrazone groups is 1. The fraction of sp³-hybridized carbons (Fsp3) is 0.778. The van der Waals surface area contributed by atoms with Crippen molar-refractivity contribution in [3.05, 3.63) is 0 Å². The highest BCUT2D eigenvalue weighted by molar-refractivity contribution is 14.2. The fourth-order valence-corrected chi connectivity index (χ4v) is 3.16. The molecule has 84 valence electrons. The molecule has 0 N–H and O–H groups in total. The van der Waals surface area contributed by atoms with Gasteiger partial charge >= 0.3 is 7.12 Å². The van der Waals surface area contributed by atoms with Crippen molar-refractivity contribution >= 4 is 37.7 Å². The summed E-state index contributed by atoms with van der Waals surface area (Å²) in [5, 5.41) is 4.22. The van der Waals surface area contributed by atoms with Gasteiger partial charge in [0.1, 0.15) is 0 Å². The Bertz CT molecular complexity index is 325. The van der Waals surface area contributed by atoms with E-state index in [9.17, 15) is 0 Å².